The van der Waals surface area contributed by atoms with E-state index in [0.29, 0.717) is 21.7 Å². The minimum atomic E-state index is -0.806. The van der Waals surface area contributed by atoms with Gasteiger partial charge in [0.05, 0.1) is 17.9 Å². The monoisotopic (exact) mass is 407 g/mol. The lowest BCUT2D eigenvalue weighted by Crippen LogP contribution is -2.43. The van der Waals surface area contributed by atoms with E-state index in [1.807, 2.05) is 12.1 Å². The van der Waals surface area contributed by atoms with Crippen LogP contribution in [0.5, 0.6) is 0 Å². The summed E-state index contributed by atoms with van der Waals surface area (Å²) >= 11 is 12.4. The van der Waals surface area contributed by atoms with Crippen LogP contribution in [0.1, 0.15) is 11.1 Å². The van der Waals surface area contributed by atoms with Gasteiger partial charge in [0.2, 0.25) is 6.67 Å². The molecule has 0 bridgehead atoms. The third-order valence-corrected chi connectivity index (χ3v) is 5.02. The molecule has 0 unspecified atom stereocenters. The highest BCUT2D eigenvalue weighted by atomic mass is 35.5. The van der Waals surface area contributed by atoms with Crippen LogP contribution >= 0.6 is 23.2 Å². The van der Waals surface area contributed by atoms with Crippen LogP contribution in [-0.2, 0) is 6.61 Å². The number of fused-ring (bicyclic) bond motifs is 1. The van der Waals surface area contributed by atoms with Crippen molar-refractivity contribution in [3.63, 3.8) is 0 Å². The zero-order valence-corrected chi connectivity index (χ0v) is 15.3. The summed E-state index contributed by atoms with van der Waals surface area (Å²) in [5.41, 5.74) is 1.16. The van der Waals surface area contributed by atoms with Gasteiger partial charge in [0.15, 0.2) is 11.5 Å². The maximum atomic E-state index is 14.6. The van der Waals surface area contributed by atoms with Crippen LogP contribution in [0.15, 0.2) is 58.8 Å². The summed E-state index contributed by atoms with van der Waals surface area (Å²) in [7, 11) is 0. The molecule has 2 aromatic rings. The number of hydrogen-bond acceptors (Lipinski definition) is 4. The molecular weight excluding hydrogens is 395 g/mol. The van der Waals surface area contributed by atoms with E-state index in [4.69, 9.17) is 23.2 Å². The molecule has 0 aromatic heterocycles. The lowest BCUT2D eigenvalue weighted by Gasteiger charge is -2.24. The normalized spacial score (nSPS) is 16.8. The Labute approximate surface area is 164 Å². The fraction of sp³-hybridized carbons (Fsp3) is 0.105. The summed E-state index contributed by atoms with van der Waals surface area (Å²) in [6.07, 6.45) is 3.33. The van der Waals surface area contributed by atoms with E-state index in [1.165, 1.54) is 6.07 Å². The SMILES string of the molecule is OCc1c(F)ccc(N2C=CC3=NC(c4ccc(Cl)cc4)=C(Cl)[N+]3C2)c1F. The summed E-state index contributed by atoms with van der Waals surface area (Å²) in [5, 5.41) is 10.2. The Hall–Kier alpha value is -2.25. The Morgan fingerprint density at radius 1 is 1.11 bits per heavy atom. The molecule has 2 heterocycles. The lowest BCUT2D eigenvalue weighted by atomic mass is 10.1. The van der Waals surface area contributed by atoms with Gasteiger partial charge in [0, 0.05) is 22.9 Å². The smallest absolute Gasteiger partial charge is 0.286 e. The quantitative estimate of drug-likeness (QED) is 0.600. The number of aliphatic hydroxyl groups excluding tert-OH is 1. The third kappa shape index (κ3) is 3.15. The predicted molar refractivity (Wildman–Crippen MR) is 103 cm³/mol. The van der Waals surface area contributed by atoms with Gasteiger partial charge in [-0.1, -0.05) is 23.7 Å². The summed E-state index contributed by atoms with van der Waals surface area (Å²) in [6.45, 7) is -0.528. The number of amidine groups is 1. The molecule has 0 fully saturated rings. The molecule has 0 amide bonds. The minimum Gasteiger partial charge on any atom is -0.391 e. The number of rotatable bonds is 3. The molecule has 4 nitrogen and oxygen atoms in total. The highest BCUT2D eigenvalue weighted by molar-refractivity contribution is 6.36. The van der Waals surface area contributed by atoms with Crippen molar-refractivity contribution in [1.29, 1.82) is 0 Å². The number of aliphatic hydroxyl groups is 1. The molecule has 27 heavy (non-hydrogen) atoms. The van der Waals surface area contributed by atoms with E-state index in [-0.39, 0.29) is 17.9 Å². The molecule has 2 aliphatic rings. The molecule has 1 N–H and O–H groups in total. The van der Waals surface area contributed by atoms with Crippen molar-refractivity contribution in [2.24, 2.45) is 4.99 Å². The Morgan fingerprint density at radius 2 is 1.85 bits per heavy atom. The van der Waals surface area contributed by atoms with Crippen molar-refractivity contribution < 1.29 is 13.9 Å². The second-order valence-electron chi connectivity index (χ2n) is 5.99. The van der Waals surface area contributed by atoms with Crippen LogP contribution < -0.4 is 9.80 Å². The van der Waals surface area contributed by atoms with E-state index in [9.17, 15) is 13.9 Å². The first-order valence-electron chi connectivity index (χ1n) is 8.04. The van der Waals surface area contributed by atoms with Gasteiger partial charge in [0.25, 0.3) is 11.0 Å². The molecule has 0 spiro atoms. The van der Waals surface area contributed by atoms with Crippen LogP contribution in [0.25, 0.3) is 5.70 Å². The maximum absolute atomic E-state index is 14.6. The number of aliphatic imine (C=N–C) groups is 1. The van der Waals surface area contributed by atoms with Gasteiger partial charge < -0.3 is 5.11 Å². The van der Waals surface area contributed by atoms with E-state index in [2.05, 4.69) is 4.99 Å². The second-order valence-corrected chi connectivity index (χ2v) is 6.78. The molecule has 2 aliphatic heterocycles. The van der Waals surface area contributed by atoms with E-state index < -0.39 is 18.2 Å². The molecule has 0 atom stereocenters. The highest BCUT2D eigenvalue weighted by Crippen LogP contribution is 2.34. The first kappa shape index (κ1) is 18.1. The average molecular weight is 408 g/mol. The lowest BCUT2D eigenvalue weighted by molar-refractivity contribution is 0.269. The summed E-state index contributed by atoms with van der Waals surface area (Å²) in [5.74, 6) is -0.975. The van der Waals surface area contributed by atoms with Crippen LogP contribution in [0.3, 0.4) is 0 Å². The fourth-order valence-corrected chi connectivity index (χ4v) is 3.38. The molecule has 1 radical (unpaired) electrons. The number of hydrogen-bond donors (Lipinski definition) is 1. The number of benzene rings is 2. The molecular formula is C19H13Cl2F2N3O+. The van der Waals surface area contributed by atoms with Crippen molar-refractivity contribution in [2.45, 2.75) is 6.61 Å². The molecule has 0 aliphatic carbocycles. The molecule has 137 valence electrons. The van der Waals surface area contributed by atoms with Gasteiger partial charge in [-0.3, -0.25) is 4.90 Å². The van der Waals surface area contributed by atoms with Gasteiger partial charge in [-0.25, -0.2) is 8.78 Å². The van der Waals surface area contributed by atoms with Crippen LogP contribution in [-0.4, -0.2) is 17.6 Å². The van der Waals surface area contributed by atoms with Crippen molar-refractivity contribution in [2.75, 3.05) is 11.6 Å². The predicted octanol–water partition coefficient (Wildman–Crippen LogP) is 4.52. The highest BCUT2D eigenvalue weighted by Gasteiger charge is 2.41. The van der Waals surface area contributed by atoms with Crippen molar-refractivity contribution in [1.82, 2.24) is 4.90 Å². The molecule has 4 rings (SSSR count). The zero-order valence-electron chi connectivity index (χ0n) is 13.8. The van der Waals surface area contributed by atoms with Crippen LogP contribution in [0.4, 0.5) is 14.5 Å². The summed E-state index contributed by atoms with van der Waals surface area (Å²) < 4.78 is 28.2. The first-order chi connectivity index (χ1) is 13.0. The van der Waals surface area contributed by atoms with Crippen molar-refractivity contribution >= 4 is 40.4 Å². The standard InChI is InChI=1S/C19H13Cl2F2N3O/c20-12-3-1-11(2-4-12)18-19(21)26-10-25(8-7-16(26)24-18)15-6-5-14(22)13(9-27)17(15)23/h1-8,27H,9-10H2/q+1. The van der Waals surface area contributed by atoms with Gasteiger partial charge in [-0.05, 0) is 40.8 Å². The fourth-order valence-electron chi connectivity index (χ4n) is 2.97. The second kappa shape index (κ2) is 7.05. The Morgan fingerprint density at radius 3 is 2.56 bits per heavy atom. The Bertz CT molecular complexity index is 1000. The minimum absolute atomic E-state index is 0.139. The third-order valence-electron chi connectivity index (χ3n) is 4.38. The average Bonchev–Trinajstić information content (AvgIpc) is 2.99. The number of nitrogens with zero attached hydrogens (tertiary/aromatic N) is 3. The number of halogens is 4. The molecule has 0 saturated carbocycles. The van der Waals surface area contributed by atoms with Gasteiger partial charge in [-0.15, -0.1) is 0 Å². The Kier molecular flexibility index (Phi) is 4.74. The van der Waals surface area contributed by atoms with E-state index in [1.54, 1.807) is 34.2 Å². The zero-order chi connectivity index (χ0) is 19.1. The molecule has 2 aromatic carbocycles. The summed E-state index contributed by atoms with van der Waals surface area (Å²) in [6, 6.07) is 9.58. The Balaban J connectivity index is 1.67. The van der Waals surface area contributed by atoms with Crippen molar-refractivity contribution in [3.05, 3.63) is 81.6 Å². The first-order valence-corrected chi connectivity index (χ1v) is 8.79. The maximum Gasteiger partial charge on any atom is 0.286 e. The summed E-state index contributed by atoms with van der Waals surface area (Å²) in [4.78, 5) is 7.81. The van der Waals surface area contributed by atoms with E-state index in [0.717, 1.165) is 11.6 Å². The number of anilines is 1. The van der Waals surface area contributed by atoms with Crippen LogP contribution in [0.2, 0.25) is 5.02 Å². The molecule has 8 heteroatoms. The largest absolute Gasteiger partial charge is 0.391 e. The molecule has 0 saturated heterocycles. The van der Waals surface area contributed by atoms with E-state index >= 15 is 0 Å². The van der Waals surface area contributed by atoms with Gasteiger partial charge >= 0.3 is 0 Å². The van der Waals surface area contributed by atoms with Gasteiger partial charge in [-0.2, -0.15) is 4.99 Å². The van der Waals surface area contributed by atoms with Crippen molar-refractivity contribution in [3.8, 4) is 0 Å². The topological polar surface area (TPSA) is 41.7 Å². The van der Waals surface area contributed by atoms with Gasteiger partial charge in [0.1, 0.15) is 5.82 Å². The van der Waals surface area contributed by atoms with Crippen LogP contribution in [0, 0.1) is 11.6 Å².